The molecule has 0 atom stereocenters. The highest BCUT2D eigenvalue weighted by molar-refractivity contribution is 9.10. The van der Waals surface area contributed by atoms with Crippen LogP contribution in [0, 0.1) is 11.3 Å². The molecule has 2 rings (SSSR count). The summed E-state index contributed by atoms with van der Waals surface area (Å²) < 4.78 is 11.0. The maximum absolute atomic E-state index is 8.80. The van der Waals surface area contributed by atoms with Crippen LogP contribution in [0.2, 0.25) is 0 Å². The zero-order chi connectivity index (χ0) is 13.8. The van der Waals surface area contributed by atoms with Crippen LogP contribution in [0.5, 0.6) is 11.6 Å². The number of pyridine rings is 1. The van der Waals surface area contributed by atoms with Crippen LogP contribution in [0.4, 0.5) is 0 Å². The monoisotopic (exact) mass is 318 g/mol. The van der Waals surface area contributed by atoms with Crippen molar-refractivity contribution in [3.05, 3.63) is 40.5 Å². The quantitative estimate of drug-likeness (QED) is 0.814. The van der Waals surface area contributed by atoms with Crippen molar-refractivity contribution in [1.29, 1.82) is 5.26 Å². The van der Waals surface area contributed by atoms with Crippen LogP contribution in [0.15, 0.2) is 34.9 Å². The van der Waals surface area contributed by atoms with Gasteiger partial charge in [-0.05, 0) is 39.7 Å². The van der Waals surface area contributed by atoms with Gasteiger partial charge in [0, 0.05) is 5.56 Å². The molecule has 0 aliphatic heterocycles. The minimum Gasteiger partial charge on any atom is -0.491 e. The minimum atomic E-state index is 0.423. The van der Waals surface area contributed by atoms with Gasteiger partial charge in [-0.1, -0.05) is 12.1 Å². The van der Waals surface area contributed by atoms with Gasteiger partial charge in [0.15, 0.2) is 5.75 Å². The van der Waals surface area contributed by atoms with E-state index in [2.05, 4.69) is 27.0 Å². The van der Waals surface area contributed by atoms with Gasteiger partial charge in [0.1, 0.15) is 4.60 Å². The van der Waals surface area contributed by atoms with E-state index in [4.69, 9.17) is 14.7 Å². The molecule has 1 aromatic heterocycles. The summed E-state index contributed by atoms with van der Waals surface area (Å²) in [4.78, 5) is 4.29. The molecular formula is C14H11BrN2O2. The van der Waals surface area contributed by atoms with Crippen LogP contribution in [-0.4, -0.2) is 19.2 Å². The third-order valence-corrected chi connectivity index (χ3v) is 3.25. The lowest BCUT2D eigenvalue weighted by Crippen LogP contribution is -1.95. The van der Waals surface area contributed by atoms with Crippen molar-refractivity contribution in [2.24, 2.45) is 0 Å². The summed E-state index contributed by atoms with van der Waals surface area (Å²) in [6.07, 6.45) is 0. The van der Waals surface area contributed by atoms with Gasteiger partial charge in [-0.3, -0.25) is 0 Å². The van der Waals surface area contributed by atoms with Crippen molar-refractivity contribution in [2.45, 2.75) is 0 Å². The molecule has 96 valence electrons. The zero-order valence-corrected chi connectivity index (χ0v) is 12.1. The second-order valence-corrected chi connectivity index (χ2v) is 4.48. The summed E-state index contributed by atoms with van der Waals surface area (Å²) in [5, 5.41) is 8.80. The maximum Gasteiger partial charge on any atom is 0.257 e. The number of hydrogen-bond donors (Lipinski definition) is 0. The minimum absolute atomic E-state index is 0.423. The predicted molar refractivity (Wildman–Crippen MR) is 75.2 cm³/mol. The summed E-state index contributed by atoms with van der Waals surface area (Å²) in [6.45, 7) is 0. The number of ether oxygens (including phenoxy) is 2. The predicted octanol–water partition coefficient (Wildman–Crippen LogP) is 3.40. The van der Waals surface area contributed by atoms with E-state index in [1.54, 1.807) is 26.4 Å². The Morgan fingerprint density at radius 3 is 2.37 bits per heavy atom. The van der Waals surface area contributed by atoms with Crippen LogP contribution < -0.4 is 9.47 Å². The highest BCUT2D eigenvalue weighted by Crippen LogP contribution is 2.35. The van der Waals surface area contributed by atoms with E-state index in [1.807, 2.05) is 18.2 Å². The Morgan fingerprint density at radius 1 is 1.16 bits per heavy atom. The Bertz CT molecular complexity index is 633. The van der Waals surface area contributed by atoms with Crippen molar-refractivity contribution >= 4 is 15.9 Å². The number of nitriles is 1. The van der Waals surface area contributed by atoms with Gasteiger partial charge in [-0.15, -0.1) is 0 Å². The molecule has 0 amide bonds. The van der Waals surface area contributed by atoms with Crippen LogP contribution in [0.1, 0.15) is 5.56 Å². The van der Waals surface area contributed by atoms with Gasteiger partial charge < -0.3 is 9.47 Å². The molecule has 5 heteroatoms. The lowest BCUT2D eigenvalue weighted by molar-refractivity contribution is 0.342. The number of aromatic nitrogens is 1. The first-order valence-electron chi connectivity index (χ1n) is 5.48. The average molecular weight is 319 g/mol. The molecule has 0 aliphatic carbocycles. The second-order valence-electron chi connectivity index (χ2n) is 3.73. The smallest absolute Gasteiger partial charge is 0.257 e. The largest absolute Gasteiger partial charge is 0.491 e. The molecule has 0 radical (unpaired) electrons. The van der Waals surface area contributed by atoms with Gasteiger partial charge in [0.2, 0.25) is 0 Å². The van der Waals surface area contributed by atoms with E-state index >= 15 is 0 Å². The number of nitrogens with zero attached hydrogens (tertiary/aromatic N) is 2. The highest BCUT2D eigenvalue weighted by atomic mass is 79.9. The molecule has 2 aromatic rings. The molecule has 0 saturated carbocycles. The Morgan fingerprint density at radius 2 is 1.84 bits per heavy atom. The van der Waals surface area contributed by atoms with Gasteiger partial charge >= 0.3 is 0 Å². The van der Waals surface area contributed by atoms with Crippen molar-refractivity contribution in [2.75, 3.05) is 14.2 Å². The van der Waals surface area contributed by atoms with Crippen LogP contribution in [-0.2, 0) is 0 Å². The molecule has 0 unspecified atom stereocenters. The van der Waals surface area contributed by atoms with Crippen LogP contribution in [0.3, 0.4) is 0 Å². The van der Waals surface area contributed by atoms with E-state index in [0.717, 1.165) is 11.1 Å². The summed E-state index contributed by atoms with van der Waals surface area (Å²) >= 11 is 3.41. The highest BCUT2D eigenvalue weighted by Gasteiger charge is 2.12. The van der Waals surface area contributed by atoms with Gasteiger partial charge in [0.05, 0.1) is 25.9 Å². The van der Waals surface area contributed by atoms with Crippen molar-refractivity contribution in [3.63, 3.8) is 0 Å². The first kappa shape index (κ1) is 13.4. The molecule has 0 saturated heterocycles. The van der Waals surface area contributed by atoms with Crippen molar-refractivity contribution < 1.29 is 9.47 Å². The van der Waals surface area contributed by atoms with E-state index in [0.29, 0.717) is 21.8 Å². The normalized spacial score (nSPS) is 9.79. The van der Waals surface area contributed by atoms with E-state index < -0.39 is 0 Å². The fraction of sp³-hybridized carbons (Fsp3) is 0.143. The van der Waals surface area contributed by atoms with E-state index in [9.17, 15) is 0 Å². The number of methoxy groups -OCH3 is 2. The lowest BCUT2D eigenvalue weighted by Gasteiger charge is -2.10. The second kappa shape index (κ2) is 5.72. The van der Waals surface area contributed by atoms with Crippen molar-refractivity contribution in [3.8, 4) is 28.8 Å². The van der Waals surface area contributed by atoms with Crippen LogP contribution >= 0.6 is 15.9 Å². The maximum atomic E-state index is 8.80. The third kappa shape index (κ3) is 2.69. The summed E-state index contributed by atoms with van der Waals surface area (Å²) in [5.74, 6) is 0.983. The zero-order valence-electron chi connectivity index (χ0n) is 10.5. The summed E-state index contributed by atoms with van der Waals surface area (Å²) in [5.41, 5.74) is 2.44. The number of rotatable bonds is 3. The first-order chi connectivity index (χ1) is 9.19. The Labute approximate surface area is 119 Å². The van der Waals surface area contributed by atoms with Crippen LogP contribution in [0.25, 0.3) is 11.1 Å². The van der Waals surface area contributed by atoms with Gasteiger partial charge in [-0.25, -0.2) is 4.98 Å². The number of benzene rings is 1. The lowest BCUT2D eigenvalue weighted by atomic mass is 10.1. The molecule has 0 N–H and O–H groups in total. The van der Waals surface area contributed by atoms with E-state index in [1.165, 1.54) is 0 Å². The SMILES string of the molecule is COc1cc(-c2ccc(C#N)cc2)c(Br)nc1OC. The molecule has 0 bridgehead atoms. The first-order valence-corrected chi connectivity index (χ1v) is 6.28. The molecule has 1 aromatic carbocycles. The molecule has 0 fully saturated rings. The van der Waals surface area contributed by atoms with Gasteiger partial charge in [0.25, 0.3) is 5.88 Å². The molecule has 19 heavy (non-hydrogen) atoms. The topological polar surface area (TPSA) is 55.1 Å². The molecular weight excluding hydrogens is 308 g/mol. The number of hydrogen-bond acceptors (Lipinski definition) is 4. The fourth-order valence-electron chi connectivity index (χ4n) is 1.68. The summed E-state index contributed by atoms with van der Waals surface area (Å²) in [6, 6.07) is 11.2. The van der Waals surface area contributed by atoms with Crippen molar-refractivity contribution in [1.82, 2.24) is 4.98 Å². The Balaban J connectivity index is 2.52. The molecule has 4 nitrogen and oxygen atoms in total. The molecule has 0 aliphatic rings. The molecule has 1 heterocycles. The third-order valence-electron chi connectivity index (χ3n) is 2.65. The Hall–Kier alpha value is -2.06. The fourth-order valence-corrected chi connectivity index (χ4v) is 2.18. The molecule has 0 spiro atoms. The standard InChI is InChI=1S/C14H11BrN2O2/c1-18-12-7-11(13(15)17-14(12)19-2)10-5-3-9(8-16)4-6-10/h3-7H,1-2H3. The van der Waals surface area contributed by atoms with E-state index in [-0.39, 0.29) is 0 Å². The summed E-state index contributed by atoms with van der Waals surface area (Å²) in [7, 11) is 3.11. The Kier molecular flexibility index (Phi) is 4.03. The van der Waals surface area contributed by atoms with Gasteiger partial charge in [-0.2, -0.15) is 5.26 Å². The average Bonchev–Trinajstić information content (AvgIpc) is 2.47. The number of halogens is 1.